The van der Waals surface area contributed by atoms with Gasteiger partial charge in [0, 0.05) is 5.41 Å². The number of nitrogens with zero attached hydrogens (tertiary/aromatic N) is 2. The molecular formula is C37H42Cl2N2O13S. The molecule has 0 aliphatic heterocycles. The number of aliphatic hydroxyl groups excluding tert-OH is 1. The van der Waals surface area contributed by atoms with E-state index in [1.165, 1.54) is 30.3 Å². The highest BCUT2D eigenvalue weighted by Crippen LogP contribution is 2.70. The van der Waals surface area contributed by atoms with E-state index < -0.39 is 66.5 Å². The molecule has 2 aromatic rings. The van der Waals surface area contributed by atoms with E-state index in [1.54, 1.807) is 18.2 Å². The largest absolute Gasteiger partial charge is 0.463 e. The van der Waals surface area contributed by atoms with Crippen molar-refractivity contribution in [2.45, 2.75) is 79.4 Å². The molecule has 3 saturated carbocycles. The number of aliphatic hydroxyl groups is 1. The van der Waals surface area contributed by atoms with Crippen LogP contribution in [0.5, 0.6) is 5.88 Å². The molecule has 8 atom stereocenters. The number of benzene rings is 1. The summed E-state index contributed by atoms with van der Waals surface area (Å²) in [7, 11) is -4.28. The fourth-order valence-corrected chi connectivity index (χ4v) is 11.2. The first-order valence-corrected chi connectivity index (χ1v) is 20.3. The van der Waals surface area contributed by atoms with E-state index >= 15 is 0 Å². The van der Waals surface area contributed by atoms with Crippen molar-refractivity contribution in [3.63, 3.8) is 0 Å². The molecule has 0 saturated heterocycles. The van der Waals surface area contributed by atoms with Crippen molar-refractivity contribution in [3.8, 4) is 5.88 Å². The normalized spacial score (nSPS) is 31.1. The number of aromatic nitrogens is 2. The molecule has 1 heterocycles. The molecule has 1 aromatic carbocycles. The number of esters is 2. The number of Topliss-reactive ketones (excluding diaryl/α,β-unsaturated/α-hetero) is 1. The van der Waals surface area contributed by atoms with Crippen molar-refractivity contribution >= 4 is 56.5 Å². The predicted octanol–water partition coefficient (Wildman–Crippen LogP) is 3.45. The maximum Gasteiger partial charge on any atom is 0.415 e. The van der Waals surface area contributed by atoms with Gasteiger partial charge in [0.25, 0.3) is 9.84 Å². The molecule has 0 radical (unpaired) electrons. The summed E-state index contributed by atoms with van der Waals surface area (Å²) in [6.07, 6.45) is 4.05. The quantitative estimate of drug-likeness (QED) is 0.118. The summed E-state index contributed by atoms with van der Waals surface area (Å²) >= 11 is 13.6. The molecule has 18 heteroatoms. The molecule has 0 amide bonds. The van der Waals surface area contributed by atoms with Gasteiger partial charge in [-0.25, -0.2) is 8.42 Å². The van der Waals surface area contributed by atoms with E-state index in [1.807, 2.05) is 13.8 Å². The first-order chi connectivity index (χ1) is 26.1. The zero-order valence-electron chi connectivity index (χ0n) is 30.2. The van der Waals surface area contributed by atoms with Gasteiger partial charge in [0.2, 0.25) is 0 Å². The molecule has 0 spiro atoms. The molecule has 6 rings (SSSR count). The number of halogens is 2. The lowest BCUT2D eigenvalue weighted by Gasteiger charge is -2.63. The Morgan fingerprint density at radius 3 is 2.51 bits per heavy atom. The van der Waals surface area contributed by atoms with Crippen LogP contribution in [0, 0.1) is 33.8 Å². The molecular weight excluding hydrogens is 783 g/mol. The van der Waals surface area contributed by atoms with E-state index in [0.717, 1.165) is 5.57 Å². The number of ether oxygens (including phenoxy) is 4. The van der Waals surface area contributed by atoms with E-state index in [4.69, 9.17) is 42.1 Å². The van der Waals surface area contributed by atoms with Crippen molar-refractivity contribution in [2.75, 3.05) is 32.3 Å². The maximum atomic E-state index is 13.4. The van der Waals surface area contributed by atoms with Crippen LogP contribution in [0.2, 0.25) is 0 Å². The van der Waals surface area contributed by atoms with Crippen LogP contribution in [0.3, 0.4) is 0 Å². The third-order valence-electron chi connectivity index (χ3n) is 11.8. The highest BCUT2D eigenvalue weighted by molar-refractivity contribution is 7.91. The molecule has 4 aliphatic rings. The van der Waals surface area contributed by atoms with Crippen molar-refractivity contribution < 1.29 is 61.2 Å². The van der Waals surface area contributed by atoms with Gasteiger partial charge in [-0.1, -0.05) is 43.7 Å². The molecule has 15 nitrogen and oxygen atoms in total. The van der Waals surface area contributed by atoms with Crippen LogP contribution in [0.1, 0.15) is 52.4 Å². The van der Waals surface area contributed by atoms with Crippen molar-refractivity contribution in [1.82, 2.24) is 5.16 Å². The van der Waals surface area contributed by atoms with Crippen LogP contribution in [0.25, 0.3) is 0 Å². The summed E-state index contributed by atoms with van der Waals surface area (Å²) < 4.78 is 51.8. The van der Waals surface area contributed by atoms with Gasteiger partial charge in [0.1, 0.15) is 19.3 Å². The van der Waals surface area contributed by atoms with Gasteiger partial charge in [-0.15, -0.1) is 23.2 Å². The summed E-state index contributed by atoms with van der Waals surface area (Å²) in [5.41, 5.74) is -0.695. The fraction of sp³-hybridized carbons (Fsp3) is 0.568. The Bertz CT molecular complexity index is 1990. The summed E-state index contributed by atoms with van der Waals surface area (Å²) in [6.45, 7) is 3.34. The number of hydrogen-bond donors (Lipinski definition) is 1. The van der Waals surface area contributed by atoms with Gasteiger partial charge in [-0.2, -0.15) is 0 Å². The standard InChI is InChI=1S/C37H42Cl2N2O13S/c1-35-20-29(44)37(39)25(9-8-22-18-23(42)12-13-36(22,37)2)26(35)19-28(32(35)27(43)21-38)53-31(46)11-10-30(45)51-16-14-50-15-17-52-33-34(41(47)54-40-33)55(48,49)24-6-4-3-5-7-24/h3-7,12-13,18,25-26,28-29,32,44H,8-11,14-17,19-21H2,1-2H3/t25-,26-,28+,29-,32-,35-,36-,37-/m0/s1. The minimum atomic E-state index is -4.28. The molecule has 1 N–H and O–H groups in total. The number of sulfone groups is 1. The smallest absolute Gasteiger partial charge is 0.415 e. The molecule has 1 aromatic heterocycles. The number of carbonyl (C=O) groups excluding carboxylic acids is 4. The van der Waals surface area contributed by atoms with Gasteiger partial charge < -0.3 is 29.3 Å². The SMILES string of the molecule is C[C@]12C[C@H](O)[C@@]3(Cl)[C@@H](CCC4=CC(=O)C=C[C@@]43C)[C@@H]1C[C@@H](OC(=O)CCC(=O)OCCOCCOc1no[n+]([O-])c1S(=O)(=O)c1ccccc1)[C@@H]2C(=O)CCl. The highest BCUT2D eigenvalue weighted by atomic mass is 35.5. The van der Waals surface area contributed by atoms with E-state index in [0.29, 0.717) is 19.3 Å². The van der Waals surface area contributed by atoms with Gasteiger partial charge in [0.05, 0.1) is 58.9 Å². The first kappa shape index (κ1) is 40.8. The lowest BCUT2D eigenvalue weighted by Crippen LogP contribution is -2.66. The Labute approximate surface area is 327 Å². The Kier molecular flexibility index (Phi) is 11.8. The molecule has 4 aliphatic carbocycles. The lowest BCUT2D eigenvalue weighted by atomic mass is 9.46. The van der Waals surface area contributed by atoms with Crippen LogP contribution in [-0.2, 0) is 43.2 Å². The van der Waals surface area contributed by atoms with E-state index in [9.17, 15) is 37.9 Å². The maximum absolute atomic E-state index is 13.4. The number of rotatable bonds is 15. The zero-order chi connectivity index (χ0) is 39.8. The Hall–Kier alpha value is -3.83. The van der Waals surface area contributed by atoms with Gasteiger partial charge in [0.15, 0.2) is 11.6 Å². The van der Waals surface area contributed by atoms with Crippen LogP contribution in [0.15, 0.2) is 68.7 Å². The average Bonchev–Trinajstić information content (AvgIpc) is 3.67. The predicted molar refractivity (Wildman–Crippen MR) is 191 cm³/mol. The number of carbonyl (C=O) groups is 4. The number of hydrogen-bond acceptors (Lipinski definition) is 14. The number of ketones is 2. The van der Waals surface area contributed by atoms with Crippen LogP contribution >= 0.6 is 23.2 Å². The van der Waals surface area contributed by atoms with E-state index in [2.05, 4.69) is 9.79 Å². The van der Waals surface area contributed by atoms with Crippen molar-refractivity contribution in [1.29, 1.82) is 0 Å². The van der Waals surface area contributed by atoms with Crippen LogP contribution in [0.4, 0.5) is 0 Å². The van der Waals surface area contributed by atoms with Crippen molar-refractivity contribution in [2.24, 2.45) is 28.6 Å². The van der Waals surface area contributed by atoms with Crippen LogP contribution < -0.4 is 9.64 Å². The Morgan fingerprint density at radius 2 is 1.78 bits per heavy atom. The molecule has 298 valence electrons. The second kappa shape index (κ2) is 16.0. The molecule has 0 bridgehead atoms. The molecule has 0 unspecified atom stereocenters. The van der Waals surface area contributed by atoms with Gasteiger partial charge >= 0.3 is 22.8 Å². The molecule has 55 heavy (non-hydrogen) atoms. The second-order valence-electron chi connectivity index (χ2n) is 14.7. The van der Waals surface area contributed by atoms with Crippen LogP contribution in [-0.4, -0.2) is 91.6 Å². The minimum Gasteiger partial charge on any atom is -0.463 e. The minimum absolute atomic E-state index is 0.0587. The Morgan fingerprint density at radius 1 is 1.07 bits per heavy atom. The third kappa shape index (κ3) is 7.43. The van der Waals surface area contributed by atoms with Gasteiger partial charge in [-0.3, -0.25) is 23.8 Å². The summed E-state index contributed by atoms with van der Waals surface area (Å²) in [4.78, 5) is 49.5. The fourth-order valence-electron chi connectivity index (χ4n) is 9.24. The number of alkyl halides is 2. The topological polar surface area (TPSA) is 213 Å². The highest BCUT2D eigenvalue weighted by Gasteiger charge is 2.71. The van der Waals surface area contributed by atoms with Crippen molar-refractivity contribution in [3.05, 3.63) is 59.3 Å². The zero-order valence-corrected chi connectivity index (χ0v) is 32.5. The average molecular weight is 826 g/mol. The summed E-state index contributed by atoms with van der Waals surface area (Å²) in [5.74, 6) is -3.91. The lowest BCUT2D eigenvalue weighted by molar-refractivity contribution is -0.832. The summed E-state index contributed by atoms with van der Waals surface area (Å²) in [6, 6.07) is 7.22. The second-order valence-corrected chi connectivity index (χ2v) is 17.5. The van der Waals surface area contributed by atoms with E-state index in [-0.39, 0.29) is 84.8 Å². The number of allylic oxidation sites excluding steroid dienone is 4. The van der Waals surface area contributed by atoms with Gasteiger partial charge in [-0.05, 0) is 72.1 Å². The third-order valence-corrected chi connectivity index (χ3v) is 14.7. The number of fused-ring (bicyclic) bond motifs is 5. The summed E-state index contributed by atoms with van der Waals surface area (Å²) in [5, 5.41) is 26.3. The first-order valence-electron chi connectivity index (χ1n) is 17.9. The Balaban J connectivity index is 0.970. The molecule has 3 fully saturated rings. The monoisotopic (exact) mass is 824 g/mol.